The lowest BCUT2D eigenvalue weighted by Crippen LogP contribution is -2.19. The van der Waals surface area contributed by atoms with Crippen LogP contribution in [0.1, 0.15) is 36.9 Å². The van der Waals surface area contributed by atoms with Gasteiger partial charge in [-0.1, -0.05) is 24.3 Å². The molecule has 0 radical (unpaired) electrons. The molecule has 6 nitrogen and oxygen atoms in total. The number of pyridine rings is 2. The van der Waals surface area contributed by atoms with Gasteiger partial charge in [-0.3, -0.25) is 4.79 Å². The van der Waals surface area contributed by atoms with Crippen molar-refractivity contribution in [1.29, 1.82) is 0 Å². The lowest BCUT2D eigenvalue weighted by Gasteiger charge is -2.18. The third kappa shape index (κ3) is 3.98. The van der Waals surface area contributed by atoms with Gasteiger partial charge in [-0.05, 0) is 72.7 Å². The van der Waals surface area contributed by atoms with Crippen molar-refractivity contribution < 1.29 is 19.0 Å². The molecule has 0 amide bonds. The van der Waals surface area contributed by atoms with Crippen molar-refractivity contribution in [3.63, 3.8) is 0 Å². The zero-order valence-electron chi connectivity index (χ0n) is 18.0. The van der Waals surface area contributed by atoms with Gasteiger partial charge >= 0.3 is 5.97 Å². The zero-order chi connectivity index (χ0) is 23.0. The average molecular weight is 443 g/mol. The molecule has 0 spiro atoms. The van der Waals surface area contributed by atoms with E-state index in [0.717, 1.165) is 21.9 Å². The smallest absolute Gasteiger partial charge is 0.314 e. The van der Waals surface area contributed by atoms with Crippen molar-refractivity contribution in [2.45, 2.75) is 31.2 Å². The molecule has 5 rings (SSSR count). The molecule has 1 saturated carbocycles. The van der Waals surface area contributed by atoms with Crippen LogP contribution in [0.4, 0.5) is 10.2 Å². The number of fused-ring (bicyclic) bond motifs is 1. The second-order valence-corrected chi connectivity index (χ2v) is 8.31. The summed E-state index contributed by atoms with van der Waals surface area (Å²) in [4.78, 5) is 20.5. The summed E-state index contributed by atoms with van der Waals surface area (Å²) in [5, 5.41) is 14.6. The SMILES string of the molecule is C[C@H](Nc1nccc2ccnc(Oc3ccc(F)cc3)c12)c1ccc(C2(C(=O)O)CC2)cc1. The minimum Gasteiger partial charge on any atom is -0.481 e. The van der Waals surface area contributed by atoms with Crippen LogP contribution in [-0.4, -0.2) is 21.0 Å². The maximum Gasteiger partial charge on any atom is 0.314 e. The van der Waals surface area contributed by atoms with Gasteiger partial charge in [0.05, 0.1) is 10.8 Å². The van der Waals surface area contributed by atoms with E-state index in [-0.39, 0.29) is 11.9 Å². The quantitative estimate of drug-likeness (QED) is 0.373. The molecule has 1 aliphatic rings. The Morgan fingerprint density at radius 2 is 1.70 bits per heavy atom. The van der Waals surface area contributed by atoms with E-state index in [1.807, 2.05) is 43.3 Å². The van der Waals surface area contributed by atoms with Crippen molar-refractivity contribution in [1.82, 2.24) is 9.97 Å². The molecule has 2 heterocycles. The van der Waals surface area contributed by atoms with Crippen LogP contribution in [0.15, 0.2) is 73.1 Å². The molecular formula is C26H22FN3O3. The molecular weight excluding hydrogens is 421 g/mol. The number of ether oxygens (including phenoxy) is 1. The van der Waals surface area contributed by atoms with Gasteiger partial charge in [0.15, 0.2) is 0 Å². The number of hydrogen-bond acceptors (Lipinski definition) is 5. The van der Waals surface area contributed by atoms with Crippen molar-refractivity contribution in [2.75, 3.05) is 5.32 Å². The number of nitrogens with one attached hydrogen (secondary N) is 1. The van der Waals surface area contributed by atoms with Crippen molar-refractivity contribution in [3.8, 4) is 11.6 Å². The maximum absolute atomic E-state index is 13.3. The summed E-state index contributed by atoms with van der Waals surface area (Å²) in [5.41, 5.74) is 1.13. The fourth-order valence-corrected chi connectivity index (χ4v) is 4.02. The van der Waals surface area contributed by atoms with Gasteiger partial charge in [0.2, 0.25) is 5.88 Å². The lowest BCUT2D eigenvalue weighted by molar-refractivity contribution is -0.140. The summed E-state index contributed by atoms with van der Waals surface area (Å²) in [7, 11) is 0. The Bertz CT molecular complexity index is 1310. The Balaban J connectivity index is 1.42. The molecule has 4 aromatic rings. The molecule has 0 saturated heterocycles. The molecule has 33 heavy (non-hydrogen) atoms. The third-order valence-electron chi connectivity index (χ3n) is 6.15. The monoisotopic (exact) mass is 443 g/mol. The summed E-state index contributed by atoms with van der Waals surface area (Å²) < 4.78 is 19.2. The summed E-state index contributed by atoms with van der Waals surface area (Å²) in [6, 6.07) is 17.1. The van der Waals surface area contributed by atoms with Crippen LogP contribution in [0.25, 0.3) is 10.8 Å². The van der Waals surface area contributed by atoms with Crippen LogP contribution in [0.5, 0.6) is 11.6 Å². The first-order valence-electron chi connectivity index (χ1n) is 10.7. The minimum absolute atomic E-state index is 0.101. The Hall–Kier alpha value is -4.00. The number of carboxylic acids is 1. The van der Waals surface area contributed by atoms with E-state index >= 15 is 0 Å². The van der Waals surface area contributed by atoms with Crippen molar-refractivity contribution in [3.05, 3.63) is 90.0 Å². The van der Waals surface area contributed by atoms with E-state index in [0.29, 0.717) is 30.3 Å². The lowest BCUT2D eigenvalue weighted by atomic mass is 9.94. The average Bonchev–Trinajstić information content (AvgIpc) is 3.63. The number of benzene rings is 2. The van der Waals surface area contributed by atoms with Gasteiger partial charge in [-0.25, -0.2) is 14.4 Å². The van der Waals surface area contributed by atoms with Crippen LogP contribution < -0.4 is 10.1 Å². The number of aromatic nitrogens is 2. The topological polar surface area (TPSA) is 84.3 Å². The number of aliphatic carboxylic acids is 1. The Morgan fingerprint density at radius 1 is 1.03 bits per heavy atom. The van der Waals surface area contributed by atoms with E-state index in [2.05, 4.69) is 15.3 Å². The number of halogens is 1. The Labute approximate surface area is 190 Å². The summed E-state index contributed by atoms with van der Waals surface area (Å²) >= 11 is 0. The highest BCUT2D eigenvalue weighted by molar-refractivity contribution is 5.96. The normalized spacial score (nSPS) is 15.1. The number of carboxylic acid groups (broad SMARTS) is 1. The standard InChI is InChI=1S/C26H22FN3O3/c1-16(17-2-4-19(5-3-17)26(12-13-26)25(31)32)30-23-22-18(10-14-28-23)11-15-29-24(22)33-21-8-6-20(27)7-9-21/h2-11,14-16H,12-13H2,1H3,(H,28,30)(H,31,32)/t16-/m0/s1. The summed E-state index contributed by atoms with van der Waals surface area (Å²) in [6.07, 6.45) is 4.73. The second kappa shape index (κ2) is 8.16. The van der Waals surface area contributed by atoms with Gasteiger partial charge in [-0.15, -0.1) is 0 Å². The van der Waals surface area contributed by atoms with Gasteiger partial charge < -0.3 is 15.2 Å². The molecule has 2 aromatic heterocycles. The Kier molecular flexibility index (Phi) is 5.17. The van der Waals surface area contributed by atoms with Crippen LogP contribution in [0.2, 0.25) is 0 Å². The maximum atomic E-state index is 13.3. The molecule has 0 aliphatic heterocycles. The van der Waals surface area contributed by atoms with Crippen LogP contribution >= 0.6 is 0 Å². The summed E-state index contributed by atoms with van der Waals surface area (Å²) in [6.45, 7) is 2.01. The van der Waals surface area contributed by atoms with Crippen LogP contribution in [-0.2, 0) is 10.2 Å². The summed E-state index contributed by atoms with van der Waals surface area (Å²) in [5.74, 6) is 0.353. The van der Waals surface area contributed by atoms with Crippen LogP contribution in [0.3, 0.4) is 0 Å². The van der Waals surface area contributed by atoms with Gasteiger partial charge in [0.1, 0.15) is 17.4 Å². The Morgan fingerprint density at radius 3 is 2.33 bits per heavy atom. The number of rotatable bonds is 7. The first-order chi connectivity index (χ1) is 16.0. The number of carbonyl (C=O) groups is 1. The minimum atomic E-state index is -0.762. The van der Waals surface area contributed by atoms with Gasteiger partial charge in [0, 0.05) is 18.4 Å². The van der Waals surface area contributed by atoms with Gasteiger partial charge in [-0.2, -0.15) is 0 Å². The molecule has 7 heteroatoms. The first kappa shape index (κ1) is 20.9. The highest BCUT2D eigenvalue weighted by Crippen LogP contribution is 2.48. The molecule has 1 aliphatic carbocycles. The molecule has 2 N–H and O–H groups in total. The fourth-order valence-electron chi connectivity index (χ4n) is 4.02. The second-order valence-electron chi connectivity index (χ2n) is 8.31. The predicted molar refractivity (Wildman–Crippen MR) is 123 cm³/mol. The van der Waals surface area contributed by atoms with E-state index in [1.54, 1.807) is 24.5 Å². The van der Waals surface area contributed by atoms with Crippen molar-refractivity contribution in [2.24, 2.45) is 0 Å². The fraction of sp³-hybridized carbons (Fsp3) is 0.192. The number of nitrogens with zero attached hydrogens (tertiary/aromatic N) is 2. The van der Waals surface area contributed by atoms with E-state index in [9.17, 15) is 14.3 Å². The molecule has 0 unspecified atom stereocenters. The molecule has 166 valence electrons. The molecule has 0 bridgehead atoms. The van der Waals surface area contributed by atoms with E-state index in [4.69, 9.17) is 4.74 Å². The molecule has 1 fully saturated rings. The van der Waals surface area contributed by atoms with Crippen LogP contribution in [0, 0.1) is 5.82 Å². The van der Waals surface area contributed by atoms with E-state index < -0.39 is 11.4 Å². The van der Waals surface area contributed by atoms with Gasteiger partial charge in [0.25, 0.3) is 0 Å². The van der Waals surface area contributed by atoms with E-state index in [1.165, 1.54) is 12.1 Å². The highest BCUT2D eigenvalue weighted by Gasteiger charge is 2.51. The largest absolute Gasteiger partial charge is 0.481 e. The number of hydrogen-bond donors (Lipinski definition) is 2. The predicted octanol–water partition coefficient (Wildman–Crippen LogP) is 5.85. The van der Waals surface area contributed by atoms with Crippen molar-refractivity contribution >= 4 is 22.6 Å². The molecule has 2 aromatic carbocycles. The zero-order valence-corrected chi connectivity index (χ0v) is 18.0. The third-order valence-corrected chi connectivity index (χ3v) is 6.15. The molecule has 1 atom stereocenters. The first-order valence-corrected chi connectivity index (χ1v) is 10.7. The highest BCUT2D eigenvalue weighted by atomic mass is 19.1. The number of anilines is 1.